The first-order chi connectivity index (χ1) is 10.2. The number of likely N-dealkylation sites (tertiary alicyclic amines) is 1. The van der Waals surface area contributed by atoms with Crippen molar-refractivity contribution in [3.63, 3.8) is 0 Å². The van der Waals surface area contributed by atoms with Gasteiger partial charge in [0.25, 0.3) is 0 Å². The topological polar surface area (TPSA) is 23.6 Å². The monoisotopic (exact) mass is 284 g/mol. The summed E-state index contributed by atoms with van der Waals surface area (Å²) >= 11 is 0. The molecular formula is C18H24N2O. The highest BCUT2D eigenvalue weighted by atomic mass is 16.2. The van der Waals surface area contributed by atoms with Gasteiger partial charge in [-0.3, -0.25) is 4.79 Å². The van der Waals surface area contributed by atoms with Crippen molar-refractivity contribution in [2.75, 3.05) is 31.6 Å². The van der Waals surface area contributed by atoms with E-state index in [1.807, 2.05) is 0 Å². The Labute approximate surface area is 126 Å². The second-order valence-electron chi connectivity index (χ2n) is 7.15. The third-order valence-electron chi connectivity index (χ3n) is 5.89. The first kappa shape index (κ1) is 13.3. The van der Waals surface area contributed by atoms with Crippen molar-refractivity contribution < 1.29 is 4.79 Å². The fraction of sp³-hybridized carbons (Fsp3) is 0.611. The van der Waals surface area contributed by atoms with E-state index < -0.39 is 0 Å². The van der Waals surface area contributed by atoms with Gasteiger partial charge in [-0.25, -0.2) is 0 Å². The van der Waals surface area contributed by atoms with Crippen LogP contribution in [0.25, 0.3) is 0 Å². The number of hydrogen-bond acceptors (Lipinski definition) is 2. The van der Waals surface area contributed by atoms with E-state index in [1.54, 1.807) is 0 Å². The Balaban J connectivity index is 1.68. The predicted molar refractivity (Wildman–Crippen MR) is 84.5 cm³/mol. The summed E-state index contributed by atoms with van der Waals surface area (Å²) in [6.07, 6.45) is 5.76. The van der Waals surface area contributed by atoms with E-state index >= 15 is 0 Å². The van der Waals surface area contributed by atoms with Crippen LogP contribution in [0.2, 0.25) is 0 Å². The molecule has 1 aliphatic carbocycles. The lowest BCUT2D eigenvalue weighted by atomic mass is 9.74. The van der Waals surface area contributed by atoms with E-state index in [0.29, 0.717) is 11.8 Å². The van der Waals surface area contributed by atoms with Gasteiger partial charge in [0.2, 0.25) is 5.91 Å². The highest BCUT2D eigenvalue weighted by molar-refractivity contribution is 5.98. The SMILES string of the molecule is CN1CCC2(CC1)CN(C(=O)C1CCC1)c1ccccc12. The van der Waals surface area contributed by atoms with Gasteiger partial charge in [-0.1, -0.05) is 24.6 Å². The van der Waals surface area contributed by atoms with Crippen LogP contribution in [-0.4, -0.2) is 37.5 Å². The smallest absolute Gasteiger partial charge is 0.230 e. The van der Waals surface area contributed by atoms with Crippen LogP contribution in [-0.2, 0) is 10.2 Å². The number of rotatable bonds is 1. The lowest BCUT2D eigenvalue weighted by molar-refractivity contribution is -0.124. The quantitative estimate of drug-likeness (QED) is 0.791. The lowest BCUT2D eigenvalue weighted by Crippen LogP contribution is -2.46. The molecule has 1 saturated heterocycles. The van der Waals surface area contributed by atoms with Crippen molar-refractivity contribution in [3.05, 3.63) is 29.8 Å². The standard InChI is InChI=1S/C18H24N2O/c1-19-11-9-18(10-12-19)13-20(17(21)14-5-4-6-14)16-8-3-2-7-15(16)18/h2-3,7-8,14H,4-6,9-13H2,1H3. The molecular weight excluding hydrogens is 260 g/mol. The Kier molecular flexibility index (Phi) is 3.07. The molecule has 3 aliphatic rings. The van der Waals surface area contributed by atoms with Gasteiger partial charge in [0.05, 0.1) is 0 Å². The van der Waals surface area contributed by atoms with Gasteiger partial charge in [-0.15, -0.1) is 0 Å². The number of piperidine rings is 1. The van der Waals surface area contributed by atoms with Crippen LogP contribution in [0, 0.1) is 5.92 Å². The molecule has 0 N–H and O–H groups in total. The van der Waals surface area contributed by atoms with Crippen molar-refractivity contribution in [3.8, 4) is 0 Å². The number of fused-ring (bicyclic) bond motifs is 2. The molecule has 1 saturated carbocycles. The maximum Gasteiger partial charge on any atom is 0.230 e. The second-order valence-corrected chi connectivity index (χ2v) is 7.15. The number of carbonyl (C=O) groups is 1. The molecule has 2 heterocycles. The van der Waals surface area contributed by atoms with Crippen LogP contribution in [0.4, 0.5) is 5.69 Å². The van der Waals surface area contributed by atoms with Crippen molar-refractivity contribution in [1.29, 1.82) is 0 Å². The zero-order valence-electron chi connectivity index (χ0n) is 12.8. The van der Waals surface area contributed by atoms with Crippen molar-refractivity contribution in [2.24, 2.45) is 5.92 Å². The molecule has 0 bridgehead atoms. The normalized spacial score (nSPS) is 24.9. The maximum atomic E-state index is 12.8. The number of para-hydroxylation sites is 1. The molecule has 1 aromatic rings. The Bertz CT molecular complexity index is 556. The molecule has 0 unspecified atom stereocenters. The fourth-order valence-corrected chi connectivity index (χ4v) is 4.18. The highest BCUT2D eigenvalue weighted by Crippen LogP contribution is 2.47. The van der Waals surface area contributed by atoms with E-state index in [-0.39, 0.29) is 5.41 Å². The molecule has 0 radical (unpaired) electrons. The molecule has 1 spiro atoms. The highest BCUT2D eigenvalue weighted by Gasteiger charge is 2.47. The molecule has 3 heteroatoms. The van der Waals surface area contributed by atoms with Gasteiger partial charge in [0, 0.05) is 23.6 Å². The Hall–Kier alpha value is -1.35. The van der Waals surface area contributed by atoms with E-state index in [2.05, 4.69) is 41.1 Å². The van der Waals surface area contributed by atoms with Crippen LogP contribution in [0.3, 0.4) is 0 Å². The summed E-state index contributed by atoms with van der Waals surface area (Å²) in [7, 11) is 2.20. The van der Waals surface area contributed by atoms with Gasteiger partial charge >= 0.3 is 0 Å². The van der Waals surface area contributed by atoms with Crippen molar-refractivity contribution in [1.82, 2.24) is 4.90 Å². The lowest BCUT2D eigenvalue weighted by Gasteiger charge is -2.38. The molecule has 0 atom stereocenters. The number of carbonyl (C=O) groups excluding carboxylic acids is 1. The number of hydrogen-bond donors (Lipinski definition) is 0. The molecule has 21 heavy (non-hydrogen) atoms. The van der Waals surface area contributed by atoms with Crippen molar-refractivity contribution >= 4 is 11.6 Å². The largest absolute Gasteiger partial charge is 0.311 e. The van der Waals surface area contributed by atoms with E-state index in [1.165, 1.54) is 30.5 Å². The van der Waals surface area contributed by atoms with E-state index in [4.69, 9.17) is 0 Å². The Morgan fingerprint density at radius 2 is 1.90 bits per heavy atom. The number of anilines is 1. The minimum atomic E-state index is 0.211. The van der Waals surface area contributed by atoms with Crippen LogP contribution in [0.15, 0.2) is 24.3 Å². The summed E-state index contributed by atoms with van der Waals surface area (Å²) in [6, 6.07) is 8.62. The summed E-state index contributed by atoms with van der Waals surface area (Å²) in [5.41, 5.74) is 2.83. The van der Waals surface area contributed by atoms with Gasteiger partial charge in [0.1, 0.15) is 0 Å². The molecule has 4 rings (SSSR count). The van der Waals surface area contributed by atoms with Crippen LogP contribution in [0.1, 0.15) is 37.7 Å². The Morgan fingerprint density at radius 3 is 2.57 bits per heavy atom. The molecule has 112 valence electrons. The van der Waals surface area contributed by atoms with Gasteiger partial charge in [0.15, 0.2) is 0 Å². The van der Waals surface area contributed by atoms with Gasteiger partial charge in [-0.05, 0) is 57.5 Å². The number of amides is 1. The van der Waals surface area contributed by atoms with Crippen LogP contribution >= 0.6 is 0 Å². The number of nitrogens with zero attached hydrogens (tertiary/aromatic N) is 2. The van der Waals surface area contributed by atoms with Gasteiger partial charge < -0.3 is 9.80 Å². The van der Waals surface area contributed by atoms with E-state index in [9.17, 15) is 4.79 Å². The molecule has 3 nitrogen and oxygen atoms in total. The Morgan fingerprint density at radius 1 is 1.19 bits per heavy atom. The van der Waals surface area contributed by atoms with Gasteiger partial charge in [-0.2, -0.15) is 0 Å². The average Bonchev–Trinajstić information content (AvgIpc) is 2.76. The molecule has 1 aromatic carbocycles. The first-order valence-electron chi connectivity index (χ1n) is 8.29. The summed E-state index contributed by atoms with van der Waals surface area (Å²) in [4.78, 5) is 17.3. The molecule has 2 fully saturated rings. The zero-order valence-corrected chi connectivity index (χ0v) is 12.8. The zero-order chi connectivity index (χ0) is 14.4. The van der Waals surface area contributed by atoms with Crippen LogP contribution < -0.4 is 4.90 Å². The summed E-state index contributed by atoms with van der Waals surface area (Å²) in [5, 5.41) is 0. The minimum Gasteiger partial charge on any atom is -0.311 e. The average molecular weight is 284 g/mol. The summed E-state index contributed by atoms with van der Waals surface area (Å²) in [5.74, 6) is 0.670. The second kappa shape index (κ2) is 4.84. The molecule has 2 aliphatic heterocycles. The third kappa shape index (κ3) is 2.02. The predicted octanol–water partition coefficient (Wildman–Crippen LogP) is 2.80. The summed E-state index contributed by atoms with van der Waals surface area (Å²) in [6.45, 7) is 3.19. The summed E-state index contributed by atoms with van der Waals surface area (Å²) < 4.78 is 0. The minimum absolute atomic E-state index is 0.211. The van der Waals surface area contributed by atoms with Crippen molar-refractivity contribution in [2.45, 2.75) is 37.5 Å². The third-order valence-corrected chi connectivity index (χ3v) is 5.89. The maximum absolute atomic E-state index is 12.8. The molecule has 0 aromatic heterocycles. The molecule has 1 amide bonds. The van der Waals surface area contributed by atoms with Crippen LogP contribution in [0.5, 0.6) is 0 Å². The number of benzene rings is 1. The fourth-order valence-electron chi connectivity index (χ4n) is 4.18. The van der Waals surface area contributed by atoms with E-state index in [0.717, 1.165) is 32.5 Å². The first-order valence-corrected chi connectivity index (χ1v) is 8.29.